The van der Waals surface area contributed by atoms with Crippen LogP contribution in [0.3, 0.4) is 0 Å². The Balaban J connectivity index is 1.68. The number of carbonyl (C=O) groups excluding carboxylic acids is 1. The molecule has 0 aliphatic rings. The molecule has 0 spiro atoms. The minimum absolute atomic E-state index is 0.300. The van der Waals surface area contributed by atoms with Crippen LogP contribution in [0, 0.1) is 0 Å². The van der Waals surface area contributed by atoms with Crippen molar-refractivity contribution in [3.63, 3.8) is 0 Å². The third kappa shape index (κ3) is 4.99. The molecule has 0 radical (unpaired) electrons. The first-order valence-electron chi connectivity index (χ1n) is 9.27. The van der Waals surface area contributed by atoms with Crippen molar-refractivity contribution < 1.29 is 19.0 Å². The van der Waals surface area contributed by atoms with Crippen molar-refractivity contribution in [1.29, 1.82) is 0 Å². The average Bonchev–Trinajstić information content (AvgIpc) is 2.76. The number of carbonyl (C=O) groups is 1. The first-order chi connectivity index (χ1) is 14.1. The van der Waals surface area contributed by atoms with Crippen LogP contribution in [0.4, 0.5) is 17.1 Å². The summed E-state index contributed by atoms with van der Waals surface area (Å²) >= 11 is 0. The number of nitrogens with one attached hydrogen (secondary N) is 2. The molecule has 0 saturated carbocycles. The fourth-order valence-corrected chi connectivity index (χ4v) is 2.87. The topological polar surface area (TPSA) is 68.8 Å². The first-order valence-corrected chi connectivity index (χ1v) is 9.27. The number of benzene rings is 3. The third-order valence-corrected chi connectivity index (χ3v) is 4.25. The lowest BCUT2D eigenvalue weighted by molar-refractivity contribution is 0.102. The van der Waals surface area contributed by atoms with E-state index >= 15 is 0 Å². The SMILES string of the molecule is CCOc1ccc(Nc2ccc(NC(=O)c3c(OC)cccc3OC)cc2)cc1. The minimum Gasteiger partial charge on any atom is -0.496 e. The third-order valence-electron chi connectivity index (χ3n) is 4.25. The van der Waals surface area contributed by atoms with E-state index in [9.17, 15) is 4.79 Å². The molecule has 0 atom stereocenters. The molecule has 3 aromatic carbocycles. The Morgan fingerprint density at radius 1 is 0.793 bits per heavy atom. The quantitative estimate of drug-likeness (QED) is 0.558. The number of methoxy groups -OCH3 is 2. The Hall–Kier alpha value is -3.67. The van der Waals surface area contributed by atoms with Gasteiger partial charge in [-0.15, -0.1) is 0 Å². The highest BCUT2D eigenvalue weighted by molar-refractivity contribution is 6.08. The van der Waals surface area contributed by atoms with Gasteiger partial charge >= 0.3 is 0 Å². The molecule has 0 fully saturated rings. The van der Waals surface area contributed by atoms with Crippen LogP contribution in [0.25, 0.3) is 0 Å². The van der Waals surface area contributed by atoms with Crippen LogP contribution in [0.5, 0.6) is 17.2 Å². The standard InChI is InChI=1S/C23H24N2O4/c1-4-29-19-14-12-17(13-15-19)24-16-8-10-18(11-9-16)25-23(26)22-20(27-2)6-5-7-21(22)28-3/h5-15,24H,4H2,1-3H3,(H,25,26). The average molecular weight is 392 g/mol. The summed E-state index contributed by atoms with van der Waals surface area (Å²) in [5, 5.41) is 6.19. The van der Waals surface area contributed by atoms with Gasteiger partial charge in [0.25, 0.3) is 5.91 Å². The van der Waals surface area contributed by atoms with Crippen molar-refractivity contribution in [2.24, 2.45) is 0 Å². The van der Waals surface area contributed by atoms with Crippen molar-refractivity contribution in [2.45, 2.75) is 6.92 Å². The number of rotatable bonds is 8. The molecule has 0 aromatic heterocycles. The maximum Gasteiger partial charge on any atom is 0.263 e. The number of hydrogen-bond donors (Lipinski definition) is 2. The Morgan fingerprint density at radius 2 is 1.31 bits per heavy atom. The van der Waals surface area contributed by atoms with Crippen molar-refractivity contribution in [1.82, 2.24) is 0 Å². The molecule has 0 saturated heterocycles. The predicted molar refractivity (Wildman–Crippen MR) is 115 cm³/mol. The lowest BCUT2D eigenvalue weighted by Crippen LogP contribution is -2.14. The molecule has 29 heavy (non-hydrogen) atoms. The molecule has 2 N–H and O–H groups in total. The van der Waals surface area contributed by atoms with Gasteiger partial charge in [0, 0.05) is 17.1 Å². The number of hydrogen-bond acceptors (Lipinski definition) is 5. The summed E-state index contributed by atoms with van der Waals surface area (Å²) in [6.45, 7) is 2.59. The van der Waals surface area contributed by atoms with Gasteiger partial charge in [-0.05, 0) is 67.6 Å². The maximum atomic E-state index is 12.7. The van der Waals surface area contributed by atoms with Crippen LogP contribution in [0.1, 0.15) is 17.3 Å². The van der Waals surface area contributed by atoms with Crippen molar-refractivity contribution in [3.05, 3.63) is 72.3 Å². The predicted octanol–water partition coefficient (Wildman–Crippen LogP) is 5.10. The zero-order valence-corrected chi connectivity index (χ0v) is 16.7. The van der Waals surface area contributed by atoms with Crippen molar-refractivity contribution in [2.75, 3.05) is 31.5 Å². The van der Waals surface area contributed by atoms with E-state index in [1.165, 1.54) is 14.2 Å². The van der Waals surface area contributed by atoms with Crippen LogP contribution in [0.2, 0.25) is 0 Å². The summed E-state index contributed by atoms with van der Waals surface area (Å²) in [5.74, 6) is 1.45. The number of ether oxygens (including phenoxy) is 3. The molecule has 6 heteroatoms. The molecular weight excluding hydrogens is 368 g/mol. The molecule has 1 amide bonds. The Morgan fingerprint density at radius 3 is 1.83 bits per heavy atom. The number of anilines is 3. The largest absolute Gasteiger partial charge is 0.496 e. The zero-order valence-electron chi connectivity index (χ0n) is 16.7. The molecule has 0 heterocycles. The van der Waals surface area contributed by atoms with Crippen molar-refractivity contribution >= 4 is 23.0 Å². The fraction of sp³-hybridized carbons (Fsp3) is 0.174. The van der Waals surface area contributed by atoms with Gasteiger partial charge in [-0.1, -0.05) is 6.07 Å². The van der Waals surface area contributed by atoms with Crippen LogP contribution in [-0.2, 0) is 0 Å². The normalized spacial score (nSPS) is 10.2. The molecule has 0 bridgehead atoms. The minimum atomic E-state index is -0.300. The smallest absolute Gasteiger partial charge is 0.263 e. The molecule has 0 aliphatic carbocycles. The van der Waals surface area contributed by atoms with Crippen LogP contribution in [-0.4, -0.2) is 26.7 Å². The Labute approximate surface area is 170 Å². The van der Waals surface area contributed by atoms with Gasteiger partial charge in [0.15, 0.2) is 0 Å². The summed E-state index contributed by atoms with van der Waals surface area (Å²) < 4.78 is 16.0. The molecule has 6 nitrogen and oxygen atoms in total. The van der Waals surface area contributed by atoms with Gasteiger partial charge in [0.05, 0.1) is 20.8 Å². The van der Waals surface area contributed by atoms with Gasteiger partial charge in [0.2, 0.25) is 0 Å². The second kappa shape index (κ2) is 9.50. The summed E-state index contributed by atoms with van der Waals surface area (Å²) in [6.07, 6.45) is 0. The second-order valence-electron chi connectivity index (χ2n) is 6.15. The van der Waals surface area contributed by atoms with E-state index in [-0.39, 0.29) is 5.91 Å². The summed E-state index contributed by atoms with van der Waals surface area (Å²) in [5.41, 5.74) is 2.88. The van der Waals surface area contributed by atoms with E-state index in [4.69, 9.17) is 14.2 Å². The first kappa shape index (κ1) is 20.1. The molecular formula is C23H24N2O4. The summed E-state index contributed by atoms with van der Waals surface area (Å²) in [6, 6.07) is 20.4. The van der Waals surface area contributed by atoms with Gasteiger partial charge in [-0.25, -0.2) is 0 Å². The highest BCUT2D eigenvalue weighted by Gasteiger charge is 2.18. The number of amides is 1. The van der Waals surface area contributed by atoms with E-state index in [2.05, 4.69) is 10.6 Å². The molecule has 3 rings (SSSR count). The van der Waals surface area contributed by atoms with E-state index in [1.54, 1.807) is 18.2 Å². The van der Waals surface area contributed by atoms with Crippen LogP contribution < -0.4 is 24.8 Å². The monoisotopic (exact) mass is 392 g/mol. The molecule has 150 valence electrons. The summed E-state index contributed by atoms with van der Waals surface area (Å²) in [4.78, 5) is 12.7. The second-order valence-corrected chi connectivity index (χ2v) is 6.15. The maximum absolute atomic E-state index is 12.7. The molecule has 0 unspecified atom stereocenters. The Bertz CT molecular complexity index is 931. The van der Waals surface area contributed by atoms with Gasteiger partial charge in [-0.3, -0.25) is 4.79 Å². The van der Waals surface area contributed by atoms with E-state index in [0.29, 0.717) is 29.4 Å². The van der Waals surface area contributed by atoms with Crippen molar-refractivity contribution in [3.8, 4) is 17.2 Å². The fourth-order valence-electron chi connectivity index (χ4n) is 2.87. The molecule has 0 aliphatic heterocycles. The van der Waals surface area contributed by atoms with E-state index in [1.807, 2.05) is 55.5 Å². The highest BCUT2D eigenvalue weighted by atomic mass is 16.5. The van der Waals surface area contributed by atoms with Gasteiger partial charge in [0.1, 0.15) is 22.8 Å². The zero-order chi connectivity index (χ0) is 20.6. The lowest BCUT2D eigenvalue weighted by Gasteiger charge is -2.13. The molecule has 3 aromatic rings. The Kier molecular flexibility index (Phi) is 6.58. The highest BCUT2D eigenvalue weighted by Crippen LogP contribution is 2.29. The lowest BCUT2D eigenvalue weighted by atomic mass is 10.1. The van der Waals surface area contributed by atoms with E-state index < -0.39 is 0 Å². The van der Waals surface area contributed by atoms with Gasteiger partial charge < -0.3 is 24.8 Å². The van der Waals surface area contributed by atoms with Gasteiger partial charge in [-0.2, -0.15) is 0 Å². The van der Waals surface area contributed by atoms with Crippen LogP contribution >= 0.6 is 0 Å². The summed E-state index contributed by atoms with van der Waals surface area (Å²) in [7, 11) is 3.04. The van der Waals surface area contributed by atoms with E-state index in [0.717, 1.165) is 17.1 Å². The van der Waals surface area contributed by atoms with Crippen LogP contribution in [0.15, 0.2) is 66.7 Å².